The van der Waals surface area contributed by atoms with Crippen LogP contribution in [0.4, 0.5) is 11.4 Å². The van der Waals surface area contributed by atoms with Gasteiger partial charge >= 0.3 is 0 Å². The van der Waals surface area contributed by atoms with Crippen LogP contribution in [0.3, 0.4) is 0 Å². The normalized spacial score (nSPS) is 14.9. The van der Waals surface area contributed by atoms with E-state index in [1.807, 2.05) is 24.3 Å². The van der Waals surface area contributed by atoms with Crippen molar-refractivity contribution in [2.45, 2.75) is 0 Å². The third-order valence-electron chi connectivity index (χ3n) is 5.25. The zero-order valence-electron chi connectivity index (χ0n) is 18.2. The van der Waals surface area contributed by atoms with Crippen LogP contribution in [0.15, 0.2) is 54.6 Å². The number of nitro groups is 1. The molecule has 1 N–H and O–H groups in total. The highest BCUT2D eigenvalue weighted by Gasteiger charge is 2.27. The molecular weight excluding hydrogens is 448 g/mol. The van der Waals surface area contributed by atoms with Crippen molar-refractivity contribution in [3.05, 3.63) is 70.3 Å². The van der Waals surface area contributed by atoms with Gasteiger partial charge in [-0.25, -0.2) is 8.42 Å². The van der Waals surface area contributed by atoms with Gasteiger partial charge in [-0.15, -0.1) is 0 Å². The molecule has 0 bridgehead atoms. The molecule has 0 radical (unpaired) electrons. The Bertz CT molecular complexity index is 1110. The van der Waals surface area contributed by atoms with Gasteiger partial charge in [0, 0.05) is 50.9 Å². The Labute approximate surface area is 192 Å². The number of carbonyl (C=O) groups excluding carboxylic acids is 1. The Morgan fingerprint density at radius 3 is 2.42 bits per heavy atom. The van der Waals surface area contributed by atoms with Gasteiger partial charge in [-0.3, -0.25) is 14.9 Å². The Morgan fingerprint density at radius 1 is 1.12 bits per heavy atom. The monoisotopic (exact) mass is 474 g/mol. The Kier molecular flexibility index (Phi) is 8.01. The molecule has 0 aliphatic carbocycles. The lowest BCUT2D eigenvalue weighted by molar-refractivity contribution is -0.384. The molecule has 2 aromatic carbocycles. The molecule has 1 aliphatic heterocycles. The average molecular weight is 475 g/mol. The van der Waals surface area contributed by atoms with Crippen LogP contribution in [0, 0.1) is 10.1 Å². The summed E-state index contributed by atoms with van der Waals surface area (Å²) >= 11 is 0. The van der Waals surface area contributed by atoms with Crippen LogP contribution in [-0.4, -0.2) is 69.1 Å². The maximum atomic E-state index is 12.7. The molecule has 10 nitrogen and oxygen atoms in total. The zero-order valence-corrected chi connectivity index (χ0v) is 19.0. The Hall–Kier alpha value is -3.44. The number of benzene rings is 2. The van der Waals surface area contributed by atoms with Gasteiger partial charge < -0.3 is 15.0 Å². The fourth-order valence-electron chi connectivity index (χ4n) is 3.47. The lowest BCUT2D eigenvalue weighted by Gasteiger charge is -2.35. The predicted molar refractivity (Wildman–Crippen MR) is 126 cm³/mol. The largest absolute Gasteiger partial charge is 0.495 e. The van der Waals surface area contributed by atoms with Gasteiger partial charge in [0.1, 0.15) is 5.75 Å². The number of carbonyl (C=O) groups is 1. The molecule has 1 heterocycles. The number of nitrogens with zero attached hydrogens (tertiary/aromatic N) is 3. The van der Waals surface area contributed by atoms with Gasteiger partial charge in [-0.05, 0) is 35.9 Å². The minimum Gasteiger partial charge on any atom is -0.495 e. The summed E-state index contributed by atoms with van der Waals surface area (Å²) in [5.41, 5.74) is 1.52. The number of amides is 1. The summed E-state index contributed by atoms with van der Waals surface area (Å²) in [6.07, 6.45) is 2.77. The number of nitro benzene ring substituents is 1. The van der Waals surface area contributed by atoms with E-state index in [-0.39, 0.29) is 18.0 Å². The number of methoxy groups -OCH3 is 1. The number of para-hydroxylation sites is 2. The zero-order chi connectivity index (χ0) is 23.8. The second kappa shape index (κ2) is 10.9. The van der Waals surface area contributed by atoms with E-state index < -0.39 is 20.9 Å². The molecule has 33 heavy (non-hydrogen) atoms. The Balaban J connectivity index is 1.45. The van der Waals surface area contributed by atoms with Crippen molar-refractivity contribution in [3.63, 3.8) is 0 Å². The van der Waals surface area contributed by atoms with Gasteiger partial charge in [-0.2, -0.15) is 4.31 Å². The maximum absolute atomic E-state index is 12.7. The molecule has 1 amide bonds. The third kappa shape index (κ3) is 6.53. The molecule has 0 saturated carbocycles. The molecule has 0 unspecified atom stereocenters. The van der Waals surface area contributed by atoms with Crippen molar-refractivity contribution in [1.29, 1.82) is 0 Å². The van der Waals surface area contributed by atoms with Crippen LogP contribution < -0.4 is 15.0 Å². The first kappa shape index (κ1) is 24.2. The Morgan fingerprint density at radius 2 is 1.79 bits per heavy atom. The van der Waals surface area contributed by atoms with E-state index in [2.05, 4.69) is 10.2 Å². The van der Waals surface area contributed by atoms with Crippen LogP contribution in [0.5, 0.6) is 5.75 Å². The fourth-order valence-corrected chi connectivity index (χ4v) is 4.81. The van der Waals surface area contributed by atoms with Crippen molar-refractivity contribution in [1.82, 2.24) is 9.62 Å². The van der Waals surface area contributed by atoms with Gasteiger partial charge in [0.2, 0.25) is 15.9 Å². The number of non-ortho nitro benzene ring substituents is 1. The first-order chi connectivity index (χ1) is 15.8. The first-order valence-electron chi connectivity index (χ1n) is 10.4. The topological polar surface area (TPSA) is 122 Å². The quantitative estimate of drug-likeness (QED) is 0.334. The van der Waals surface area contributed by atoms with Crippen molar-refractivity contribution in [3.8, 4) is 5.75 Å². The average Bonchev–Trinajstić information content (AvgIpc) is 2.83. The molecule has 1 aliphatic rings. The summed E-state index contributed by atoms with van der Waals surface area (Å²) in [4.78, 5) is 24.2. The van der Waals surface area contributed by atoms with E-state index in [1.54, 1.807) is 7.11 Å². The molecule has 1 saturated heterocycles. The molecule has 11 heteroatoms. The smallest absolute Gasteiger partial charge is 0.269 e. The number of rotatable bonds is 9. The summed E-state index contributed by atoms with van der Waals surface area (Å²) in [5, 5.41) is 13.2. The molecule has 0 atom stereocenters. The summed E-state index contributed by atoms with van der Waals surface area (Å²) in [6.45, 7) is 1.79. The number of ether oxygens (including phenoxy) is 1. The van der Waals surface area contributed by atoms with Crippen LogP contribution in [0.1, 0.15) is 5.56 Å². The van der Waals surface area contributed by atoms with Crippen LogP contribution in [0.25, 0.3) is 6.08 Å². The number of sulfonamides is 1. The molecular formula is C22H26N4O6S. The molecule has 2 aromatic rings. The van der Waals surface area contributed by atoms with E-state index in [0.717, 1.165) is 11.4 Å². The molecule has 3 rings (SSSR count). The standard InChI is InChI=1S/C22H26N4O6S/c1-32-21-5-3-2-4-20(21)24-13-15-25(16-14-24)33(30,31)17-12-23-22(27)11-8-18-6-9-19(10-7-18)26(28)29/h2-11H,12-17H2,1H3,(H,23,27)/b11-8+. The minimum absolute atomic E-state index is 0.0154. The van der Waals surface area contributed by atoms with E-state index in [0.29, 0.717) is 31.7 Å². The van der Waals surface area contributed by atoms with Crippen LogP contribution >= 0.6 is 0 Å². The first-order valence-corrected chi connectivity index (χ1v) is 12.0. The fraction of sp³-hybridized carbons (Fsp3) is 0.318. The minimum atomic E-state index is -3.51. The van der Waals surface area contributed by atoms with Crippen LogP contribution in [-0.2, 0) is 14.8 Å². The van der Waals surface area contributed by atoms with E-state index in [1.165, 1.54) is 40.7 Å². The molecule has 1 fully saturated rings. The molecule has 0 spiro atoms. The van der Waals surface area contributed by atoms with E-state index in [4.69, 9.17) is 4.74 Å². The summed E-state index contributed by atoms with van der Waals surface area (Å²) in [6, 6.07) is 13.4. The second-order valence-corrected chi connectivity index (χ2v) is 9.44. The van der Waals surface area contributed by atoms with Crippen molar-refractivity contribution in [2.24, 2.45) is 0 Å². The van der Waals surface area contributed by atoms with Gasteiger partial charge in [0.05, 0.1) is 23.5 Å². The lowest BCUT2D eigenvalue weighted by atomic mass is 10.2. The molecule has 176 valence electrons. The number of piperazine rings is 1. The van der Waals surface area contributed by atoms with Crippen molar-refractivity contribution in [2.75, 3.05) is 50.5 Å². The lowest BCUT2D eigenvalue weighted by Crippen LogP contribution is -2.50. The highest BCUT2D eigenvalue weighted by atomic mass is 32.2. The number of hydrogen-bond donors (Lipinski definition) is 1. The van der Waals surface area contributed by atoms with Crippen LogP contribution in [0.2, 0.25) is 0 Å². The third-order valence-corrected chi connectivity index (χ3v) is 7.12. The van der Waals surface area contributed by atoms with Crippen molar-refractivity contribution < 1.29 is 22.9 Å². The number of nitrogens with one attached hydrogen (secondary N) is 1. The van der Waals surface area contributed by atoms with E-state index in [9.17, 15) is 23.3 Å². The maximum Gasteiger partial charge on any atom is 0.269 e. The summed E-state index contributed by atoms with van der Waals surface area (Å²) in [7, 11) is -1.90. The number of anilines is 1. The second-order valence-electron chi connectivity index (χ2n) is 7.35. The SMILES string of the molecule is COc1ccccc1N1CCN(S(=O)(=O)CCNC(=O)/C=C/c2ccc([N+](=O)[O-])cc2)CC1. The van der Waals surface area contributed by atoms with E-state index >= 15 is 0 Å². The summed E-state index contributed by atoms with van der Waals surface area (Å²) in [5.74, 6) is 0.113. The highest BCUT2D eigenvalue weighted by Crippen LogP contribution is 2.28. The van der Waals surface area contributed by atoms with Crippen molar-refractivity contribution >= 4 is 33.4 Å². The molecule has 0 aromatic heterocycles. The highest BCUT2D eigenvalue weighted by molar-refractivity contribution is 7.89. The number of hydrogen-bond acceptors (Lipinski definition) is 7. The summed E-state index contributed by atoms with van der Waals surface area (Å²) < 4.78 is 32.1. The van der Waals surface area contributed by atoms with Gasteiger partial charge in [0.25, 0.3) is 5.69 Å². The predicted octanol–water partition coefficient (Wildman–Crippen LogP) is 1.88. The van der Waals surface area contributed by atoms with Gasteiger partial charge in [0.15, 0.2) is 0 Å². The van der Waals surface area contributed by atoms with Gasteiger partial charge in [-0.1, -0.05) is 12.1 Å².